The van der Waals surface area contributed by atoms with Gasteiger partial charge in [0, 0.05) is 0 Å². The topological polar surface area (TPSA) is 0 Å². The molecule has 0 radical (unpaired) electrons. The molecular weight excluding hydrogens is 204 g/mol. The molecule has 1 unspecified atom stereocenters. The summed E-state index contributed by atoms with van der Waals surface area (Å²) in [5.41, 5.74) is 6.17. The molecule has 0 N–H and O–H groups in total. The third-order valence-corrected chi connectivity index (χ3v) is 3.52. The quantitative estimate of drug-likeness (QED) is 0.362. The zero-order valence-electron chi connectivity index (χ0n) is 12.5. The third-order valence-electron chi connectivity index (χ3n) is 3.52. The van der Waals surface area contributed by atoms with Crippen molar-refractivity contribution in [3.05, 3.63) is 29.5 Å². The largest absolute Gasteiger partial charge is 0.133 e. The Labute approximate surface area is 109 Å². The molecule has 0 nitrogen and oxygen atoms in total. The minimum absolute atomic E-state index is 0.684. The van der Waals surface area contributed by atoms with Crippen molar-refractivity contribution in [1.29, 1.82) is 0 Å². The summed E-state index contributed by atoms with van der Waals surface area (Å²) >= 11 is 0. The Bertz CT molecular complexity index is 274. The van der Waals surface area contributed by atoms with Crippen LogP contribution < -0.4 is 0 Å². The van der Waals surface area contributed by atoms with Crippen molar-refractivity contribution in [3.8, 4) is 0 Å². The van der Waals surface area contributed by atoms with Crippen molar-refractivity contribution >= 4 is 0 Å². The maximum absolute atomic E-state index is 3.63. The van der Waals surface area contributed by atoms with Gasteiger partial charge in [0.05, 0.1) is 0 Å². The van der Waals surface area contributed by atoms with E-state index in [1.807, 2.05) is 0 Å². The maximum Gasteiger partial charge on any atom is -0.0246 e. The van der Waals surface area contributed by atoms with Crippen LogP contribution in [-0.2, 0) is 0 Å². The molecule has 0 saturated heterocycles. The highest BCUT2D eigenvalue weighted by Gasteiger charge is 2.10. The molecule has 0 heteroatoms. The van der Waals surface area contributed by atoms with Crippen LogP contribution in [0.25, 0.3) is 0 Å². The highest BCUT2D eigenvalue weighted by atomic mass is 14.2. The van der Waals surface area contributed by atoms with E-state index in [2.05, 4.69) is 53.0 Å². The molecule has 0 heterocycles. The summed E-state index contributed by atoms with van der Waals surface area (Å²) in [6.07, 6.45) is 8.29. The van der Waals surface area contributed by atoms with Gasteiger partial charge in [-0.05, 0) is 50.5 Å². The van der Waals surface area contributed by atoms with Crippen LogP contribution >= 0.6 is 0 Å². The van der Waals surface area contributed by atoms with Gasteiger partial charge in [-0.1, -0.05) is 51.8 Å². The van der Waals surface area contributed by atoms with E-state index in [1.165, 1.54) is 25.7 Å². The summed E-state index contributed by atoms with van der Waals surface area (Å²) in [4.78, 5) is 0. The van der Waals surface area contributed by atoms with E-state index in [-0.39, 0.29) is 0 Å². The van der Waals surface area contributed by atoms with E-state index >= 15 is 0 Å². The molecule has 0 fully saturated rings. The normalized spacial score (nSPS) is 14.2. The van der Waals surface area contributed by atoms with Crippen molar-refractivity contribution in [3.63, 3.8) is 0 Å². The van der Waals surface area contributed by atoms with Gasteiger partial charge in [0.25, 0.3) is 0 Å². The van der Waals surface area contributed by atoms with Crippen molar-refractivity contribution in [1.82, 2.24) is 0 Å². The Kier molecular flexibility index (Phi) is 8.90. The molecule has 1 atom stereocenters. The fourth-order valence-corrected chi connectivity index (χ4v) is 2.05. The highest BCUT2D eigenvalue weighted by molar-refractivity contribution is 5.14. The Morgan fingerprint density at radius 2 is 1.94 bits per heavy atom. The van der Waals surface area contributed by atoms with Crippen LogP contribution in [0.1, 0.15) is 66.7 Å². The van der Waals surface area contributed by atoms with E-state index in [9.17, 15) is 0 Å². The van der Waals surface area contributed by atoms with Crippen LogP contribution in [0.2, 0.25) is 0 Å². The van der Waals surface area contributed by atoms with Gasteiger partial charge in [-0.2, -0.15) is 0 Å². The second-order valence-electron chi connectivity index (χ2n) is 5.50. The molecule has 0 aliphatic rings. The van der Waals surface area contributed by atoms with Gasteiger partial charge in [-0.25, -0.2) is 0 Å². The molecule has 0 aromatic carbocycles. The Balaban J connectivity index is 4.58. The molecule has 0 spiro atoms. The second-order valence-corrected chi connectivity index (χ2v) is 5.50. The maximum atomic E-state index is 3.63. The lowest BCUT2D eigenvalue weighted by Crippen LogP contribution is -2.02. The monoisotopic (exact) mass is 234 g/mol. The van der Waals surface area contributed by atoms with Gasteiger partial charge in [-0.15, -0.1) is 5.73 Å². The first-order valence-corrected chi connectivity index (χ1v) is 7.05. The van der Waals surface area contributed by atoms with Gasteiger partial charge in [0.15, 0.2) is 0 Å². The molecule has 0 bridgehead atoms. The molecule has 0 aliphatic heterocycles. The number of allylic oxidation sites excluding steroid dienone is 3. The average Bonchev–Trinajstić information content (AvgIpc) is 2.30. The fraction of sp³-hybridized carbons (Fsp3) is 0.706. The van der Waals surface area contributed by atoms with Crippen LogP contribution in [0.5, 0.6) is 0 Å². The molecule has 17 heavy (non-hydrogen) atoms. The minimum Gasteiger partial charge on any atom is -0.133 e. The van der Waals surface area contributed by atoms with Crippen molar-refractivity contribution in [2.24, 2.45) is 11.8 Å². The van der Waals surface area contributed by atoms with Gasteiger partial charge >= 0.3 is 0 Å². The second kappa shape index (κ2) is 9.31. The third kappa shape index (κ3) is 7.23. The number of hydrogen-bond acceptors (Lipinski definition) is 0. The zero-order valence-corrected chi connectivity index (χ0v) is 12.5. The molecule has 98 valence electrons. The van der Waals surface area contributed by atoms with Crippen LogP contribution in [0, 0.1) is 11.8 Å². The van der Waals surface area contributed by atoms with Crippen molar-refractivity contribution in [2.45, 2.75) is 66.7 Å². The molecule has 0 aliphatic carbocycles. The van der Waals surface area contributed by atoms with Crippen LogP contribution in [0.4, 0.5) is 0 Å². The van der Waals surface area contributed by atoms with Gasteiger partial charge in [0.2, 0.25) is 0 Å². The number of rotatable bonds is 8. The summed E-state index contributed by atoms with van der Waals surface area (Å²) in [7, 11) is 0. The SMILES string of the molecule is C=C=CCC(C)CC(CCCC)=C(C)C(C)C. The predicted octanol–water partition coefficient (Wildman–Crippen LogP) is 5.91. The summed E-state index contributed by atoms with van der Waals surface area (Å²) < 4.78 is 0. The highest BCUT2D eigenvalue weighted by Crippen LogP contribution is 2.26. The number of unbranched alkanes of at least 4 members (excludes halogenated alkanes) is 1. The van der Waals surface area contributed by atoms with Gasteiger partial charge < -0.3 is 0 Å². The van der Waals surface area contributed by atoms with Crippen molar-refractivity contribution in [2.75, 3.05) is 0 Å². The summed E-state index contributed by atoms with van der Waals surface area (Å²) in [6, 6.07) is 0. The Hall–Kier alpha value is -0.740. The lowest BCUT2D eigenvalue weighted by atomic mass is 9.88. The van der Waals surface area contributed by atoms with E-state index in [0.717, 1.165) is 6.42 Å². The lowest BCUT2D eigenvalue weighted by Gasteiger charge is -2.18. The minimum atomic E-state index is 0.684. The van der Waals surface area contributed by atoms with Gasteiger partial charge in [-0.3, -0.25) is 0 Å². The van der Waals surface area contributed by atoms with E-state index in [0.29, 0.717) is 11.8 Å². The molecule has 0 saturated carbocycles. The van der Waals surface area contributed by atoms with E-state index in [4.69, 9.17) is 0 Å². The first-order valence-electron chi connectivity index (χ1n) is 7.05. The smallest absolute Gasteiger partial charge is 0.0246 e. The van der Waals surface area contributed by atoms with Gasteiger partial charge in [0.1, 0.15) is 0 Å². The van der Waals surface area contributed by atoms with Crippen LogP contribution in [0.15, 0.2) is 29.5 Å². The average molecular weight is 234 g/mol. The Morgan fingerprint density at radius 3 is 2.41 bits per heavy atom. The molecule has 0 rings (SSSR count). The summed E-state index contributed by atoms with van der Waals surface area (Å²) in [6.45, 7) is 15.1. The molecule has 0 aromatic heterocycles. The Morgan fingerprint density at radius 1 is 1.29 bits per heavy atom. The van der Waals surface area contributed by atoms with E-state index in [1.54, 1.807) is 11.1 Å². The predicted molar refractivity (Wildman–Crippen MR) is 79.2 cm³/mol. The van der Waals surface area contributed by atoms with Crippen LogP contribution in [-0.4, -0.2) is 0 Å². The summed E-state index contributed by atoms with van der Waals surface area (Å²) in [5, 5.41) is 0. The molecular formula is C17H30. The molecule has 0 amide bonds. The van der Waals surface area contributed by atoms with Crippen molar-refractivity contribution < 1.29 is 0 Å². The lowest BCUT2D eigenvalue weighted by molar-refractivity contribution is 0.556. The molecule has 0 aromatic rings. The number of hydrogen-bond donors (Lipinski definition) is 0. The first-order chi connectivity index (χ1) is 8.02. The zero-order chi connectivity index (χ0) is 13.3. The summed E-state index contributed by atoms with van der Waals surface area (Å²) in [5.74, 6) is 1.40. The fourth-order valence-electron chi connectivity index (χ4n) is 2.05. The first kappa shape index (κ1) is 16.3. The van der Waals surface area contributed by atoms with E-state index < -0.39 is 0 Å². The van der Waals surface area contributed by atoms with Crippen LogP contribution in [0.3, 0.4) is 0 Å². The standard InChI is InChI=1S/C17H30/c1-7-9-11-15(5)13-17(12-10-8-2)16(6)14(3)4/h9,14-15H,1,8,10-13H2,2-6H3.